The Morgan fingerprint density at radius 3 is 2.56 bits per heavy atom. The van der Waals surface area contributed by atoms with Gasteiger partial charge in [-0.2, -0.15) is 0 Å². The molecule has 1 aliphatic rings. The van der Waals surface area contributed by atoms with Crippen LogP contribution < -0.4 is 0 Å². The van der Waals surface area contributed by atoms with Crippen LogP contribution in [0.15, 0.2) is 76.2 Å². The summed E-state index contributed by atoms with van der Waals surface area (Å²) < 4.78 is 25.9. The molecule has 0 bridgehead atoms. The molecule has 0 saturated heterocycles. The molecule has 0 fully saturated rings. The fourth-order valence-electron chi connectivity index (χ4n) is 3.76. The molecule has 6 nitrogen and oxygen atoms in total. The van der Waals surface area contributed by atoms with Gasteiger partial charge >= 0.3 is 0 Å². The Morgan fingerprint density at radius 1 is 1.00 bits per heavy atom. The molecular weight excluding hydrogens is 440 g/mol. The Kier molecular flexibility index (Phi) is 5.58. The van der Waals surface area contributed by atoms with Crippen LogP contribution in [-0.4, -0.2) is 34.8 Å². The second-order valence-electron chi connectivity index (χ2n) is 7.90. The maximum Gasteiger partial charge on any atom is 0.233 e. The van der Waals surface area contributed by atoms with Gasteiger partial charge in [-0.05, 0) is 19.1 Å². The molecule has 0 aliphatic carbocycles. The van der Waals surface area contributed by atoms with Gasteiger partial charge in [-0.1, -0.05) is 48.0 Å². The number of sulfone groups is 1. The fourth-order valence-corrected chi connectivity index (χ4v) is 6.38. The third-order valence-electron chi connectivity index (χ3n) is 5.52. The number of rotatable bonds is 5. The zero-order chi connectivity index (χ0) is 22.1. The molecular formula is C24H22N4O2S2. The zero-order valence-electron chi connectivity index (χ0n) is 17.6. The van der Waals surface area contributed by atoms with Crippen LogP contribution in [0.1, 0.15) is 21.7 Å². The minimum atomic E-state index is -3.59. The van der Waals surface area contributed by atoms with Gasteiger partial charge in [0.2, 0.25) is 14.2 Å². The van der Waals surface area contributed by atoms with Crippen LogP contribution in [-0.2, 0) is 29.3 Å². The van der Waals surface area contributed by atoms with Crippen molar-refractivity contribution in [3.8, 4) is 11.4 Å². The number of thiazole rings is 1. The van der Waals surface area contributed by atoms with Crippen molar-refractivity contribution >= 4 is 21.2 Å². The first-order valence-electron chi connectivity index (χ1n) is 10.4. The lowest BCUT2D eigenvalue weighted by Gasteiger charge is -2.27. The molecule has 32 heavy (non-hydrogen) atoms. The highest BCUT2D eigenvalue weighted by atomic mass is 32.2. The lowest BCUT2D eigenvalue weighted by molar-refractivity contribution is 0.245. The van der Waals surface area contributed by atoms with Crippen molar-refractivity contribution in [1.29, 1.82) is 0 Å². The Labute approximate surface area is 191 Å². The van der Waals surface area contributed by atoms with Crippen molar-refractivity contribution in [2.45, 2.75) is 35.7 Å². The Balaban J connectivity index is 1.30. The smallest absolute Gasteiger partial charge is 0.233 e. The number of hydrogen-bond donors (Lipinski definition) is 0. The van der Waals surface area contributed by atoms with Crippen LogP contribution in [0, 0.1) is 6.92 Å². The molecule has 5 rings (SSSR count). The van der Waals surface area contributed by atoms with E-state index < -0.39 is 9.84 Å². The third-order valence-corrected chi connectivity index (χ3v) is 8.66. The van der Waals surface area contributed by atoms with Crippen LogP contribution in [0.25, 0.3) is 11.4 Å². The molecule has 2 aromatic heterocycles. The van der Waals surface area contributed by atoms with Crippen LogP contribution >= 0.6 is 11.3 Å². The van der Waals surface area contributed by atoms with Crippen LogP contribution in [0.2, 0.25) is 0 Å². The van der Waals surface area contributed by atoms with E-state index in [4.69, 9.17) is 4.98 Å². The number of aromatic nitrogens is 3. The van der Waals surface area contributed by atoms with Crippen molar-refractivity contribution in [2.24, 2.45) is 0 Å². The molecule has 0 amide bonds. The van der Waals surface area contributed by atoms with E-state index in [1.165, 1.54) is 11.3 Å². The second-order valence-corrected chi connectivity index (χ2v) is 11.1. The second kappa shape index (κ2) is 8.54. The zero-order valence-corrected chi connectivity index (χ0v) is 19.2. The van der Waals surface area contributed by atoms with Crippen molar-refractivity contribution < 1.29 is 8.42 Å². The van der Waals surface area contributed by atoms with Crippen molar-refractivity contribution in [1.82, 2.24) is 19.9 Å². The summed E-state index contributed by atoms with van der Waals surface area (Å²) in [4.78, 5) is 17.0. The molecule has 0 spiro atoms. The summed E-state index contributed by atoms with van der Waals surface area (Å²) in [6, 6.07) is 16.9. The first-order valence-corrected chi connectivity index (χ1v) is 12.7. The molecule has 0 radical (unpaired) electrons. The lowest BCUT2D eigenvalue weighted by atomic mass is 10.1. The van der Waals surface area contributed by atoms with Gasteiger partial charge in [-0.15, -0.1) is 11.3 Å². The largest absolute Gasteiger partial charge is 0.293 e. The minimum absolute atomic E-state index is 0.143. The van der Waals surface area contributed by atoms with Gasteiger partial charge in [0.25, 0.3) is 0 Å². The summed E-state index contributed by atoms with van der Waals surface area (Å²) in [5, 5.41) is 0. The summed E-state index contributed by atoms with van der Waals surface area (Å²) in [5.41, 5.74) is 4.24. The van der Waals surface area contributed by atoms with Gasteiger partial charge in [0, 0.05) is 54.5 Å². The van der Waals surface area contributed by atoms with E-state index in [0.29, 0.717) is 6.54 Å². The average molecular weight is 463 g/mol. The molecule has 0 unspecified atom stereocenters. The molecule has 1 aliphatic heterocycles. The average Bonchev–Trinajstić information content (AvgIpc) is 3.29. The molecule has 3 heterocycles. The maximum atomic E-state index is 12.9. The highest BCUT2D eigenvalue weighted by Crippen LogP contribution is 2.28. The summed E-state index contributed by atoms with van der Waals surface area (Å²) >= 11 is 1.24. The molecule has 162 valence electrons. The van der Waals surface area contributed by atoms with Crippen molar-refractivity contribution in [3.05, 3.63) is 88.7 Å². The first-order chi connectivity index (χ1) is 15.5. The van der Waals surface area contributed by atoms with E-state index in [0.717, 1.165) is 52.6 Å². The highest BCUT2D eigenvalue weighted by Gasteiger charge is 2.24. The first kappa shape index (κ1) is 20.9. The molecule has 2 aromatic carbocycles. The van der Waals surface area contributed by atoms with E-state index in [1.54, 1.807) is 30.5 Å². The lowest BCUT2D eigenvalue weighted by Crippen LogP contribution is -2.30. The number of fused-ring (bicyclic) bond motifs is 1. The molecule has 0 atom stereocenters. The number of aryl methyl sites for hydroxylation is 1. The minimum Gasteiger partial charge on any atom is -0.293 e. The molecule has 4 aromatic rings. The van der Waals surface area contributed by atoms with Crippen LogP contribution in [0.5, 0.6) is 0 Å². The SMILES string of the molecule is Cc1ccc(S(=O)(=O)c2ncc(CN3CCc4nc(-c5ccccc5)ncc4C3)s2)cc1. The highest BCUT2D eigenvalue weighted by molar-refractivity contribution is 7.93. The van der Waals surface area contributed by atoms with Crippen LogP contribution in [0.4, 0.5) is 0 Å². The molecule has 0 N–H and O–H groups in total. The summed E-state index contributed by atoms with van der Waals surface area (Å²) in [7, 11) is -3.59. The van der Waals surface area contributed by atoms with Gasteiger partial charge in [-0.3, -0.25) is 4.90 Å². The van der Waals surface area contributed by atoms with E-state index in [9.17, 15) is 8.42 Å². The van der Waals surface area contributed by atoms with E-state index >= 15 is 0 Å². The van der Waals surface area contributed by atoms with Gasteiger partial charge in [-0.25, -0.2) is 23.4 Å². The standard InChI is InChI=1S/C24H22N4O2S2/c1-17-7-9-21(10-8-17)32(29,30)24-26-14-20(31-24)16-28-12-11-22-19(15-28)13-25-23(27-22)18-5-3-2-4-6-18/h2-10,13-14H,11-12,15-16H2,1H3. The summed E-state index contributed by atoms with van der Waals surface area (Å²) in [6.45, 7) is 4.18. The Morgan fingerprint density at radius 2 is 1.78 bits per heavy atom. The normalized spacial score (nSPS) is 14.3. The third kappa shape index (κ3) is 4.21. The monoisotopic (exact) mass is 462 g/mol. The van der Waals surface area contributed by atoms with Crippen molar-refractivity contribution in [3.63, 3.8) is 0 Å². The van der Waals surface area contributed by atoms with Gasteiger partial charge in [0.15, 0.2) is 5.82 Å². The Bertz CT molecular complexity index is 1350. The van der Waals surface area contributed by atoms with E-state index in [2.05, 4.69) is 14.9 Å². The van der Waals surface area contributed by atoms with E-state index in [-0.39, 0.29) is 9.24 Å². The molecule has 8 heteroatoms. The predicted molar refractivity (Wildman–Crippen MR) is 124 cm³/mol. The summed E-state index contributed by atoms with van der Waals surface area (Å²) in [6.07, 6.45) is 4.43. The van der Waals surface area contributed by atoms with Gasteiger partial charge in [0.1, 0.15) is 0 Å². The van der Waals surface area contributed by atoms with Gasteiger partial charge < -0.3 is 0 Å². The van der Waals surface area contributed by atoms with E-state index in [1.807, 2.05) is 43.5 Å². The number of nitrogens with zero attached hydrogens (tertiary/aromatic N) is 4. The Hall–Kier alpha value is -2.94. The van der Waals surface area contributed by atoms with Crippen LogP contribution in [0.3, 0.4) is 0 Å². The topological polar surface area (TPSA) is 76.1 Å². The fraction of sp³-hybridized carbons (Fsp3) is 0.208. The van der Waals surface area contributed by atoms with Crippen molar-refractivity contribution in [2.75, 3.05) is 6.54 Å². The number of hydrogen-bond acceptors (Lipinski definition) is 7. The molecule has 0 saturated carbocycles. The van der Waals surface area contributed by atoms with Gasteiger partial charge in [0.05, 0.1) is 10.6 Å². The predicted octanol–water partition coefficient (Wildman–Crippen LogP) is 4.30. The maximum absolute atomic E-state index is 12.9. The summed E-state index contributed by atoms with van der Waals surface area (Å²) in [5.74, 6) is 0.756. The quantitative estimate of drug-likeness (QED) is 0.440. The number of benzene rings is 2.